The van der Waals surface area contributed by atoms with Gasteiger partial charge in [0.2, 0.25) is 0 Å². The molecule has 1 aromatic heterocycles. The van der Waals surface area contributed by atoms with Crippen molar-refractivity contribution in [1.29, 1.82) is 5.26 Å². The Hall–Kier alpha value is -1.88. The van der Waals surface area contributed by atoms with Crippen LogP contribution in [0.25, 0.3) is 11.0 Å². The summed E-state index contributed by atoms with van der Waals surface area (Å²) < 4.78 is 6.14. The standard InChI is InChI=1S/C18H21N5OS/c1-12-9-23(10-14(24-12)11-25-15-7-20-8-15)16-3-2-13(6-19)17-18(16)22-5-4-21-17/h2-5,12,14-15,20H,7-11H2,1H3/t12-,14-/m1/s1. The topological polar surface area (TPSA) is 74.1 Å². The van der Waals surface area contributed by atoms with Crippen molar-refractivity contribution in [2.45, 2.75) is 24.4 Å². The highest BCUT2D eigenvalue weighted by Gasteiger charge is 2.28. The number of morpholine rings is 1. The van der Waals surface area contributed by atoms with Gasteiger partial charge >= 0.3 is 0 Å². The van der Waals surface area contributed by atoms with Gasteiger partial charge in [-0.2, -0.15) is 17.0 Å². The first kappa shape index (κ1) is 16.6. The number of nitrogens with one attached hydrogen (secondary N) is 1. The molecule has 0 saturated carbocycles. The molecule has 4 rings (SSSR count). The fourth-order valence-electron chi connectivity index (χ4n) is 3.35. The lowest BCUT2D eigenvalue weighted by Crippen LogP contribution is -2.49. The highest BCUT2D eigenvalue weighted by atomic mass is 32.2. The summed E-state index contributed by atoms with van der Waals surface area (Å²) in [4.78, 5) is 11.2. The molecule has 0 amide bonds. The SMILES string of the molecule is C[C@@H]1CN(c2ccc(C#N)c3nccnc23)C[C@H](CSC2CNC2)O1. The number of hydrogen-bond acceptors (Lipinski definition) is 7. The maximum atomic E-state index is 9.31. The Morgan fingerprint density at radius 1 is 1.28 bits per heavy atom. The second-order valence-corrected chi connectivity index (χ2v) is 7.92. The maximum absolute atomic E-state index is 9.31. The lowest BCUT2D eigenvalue weighted by molar-refractivity contribution is -0.00260. The molecule has 25 heavy (non-hydrogen) atoms. The van der Waals surface area contributed by atoms with Gasteiger partial charge in [0.15, 0.2) is 0 Å². The second kappa shape index (κ2) is 7.16. The first-order chi connectivity index (χ1) is 12.2. The van der Waals surface area contributed by atoms with Gasteiger partial charge in [0.1, 0.15) is 17.1 Å². The second-order valence-electron chi connectivity index (χ2n) is 6.58. The lowest BCUT2D eigenvalue weighted by atomic mass is 10.1. The zero-order valence-corrected chi connectivity index (χ0v) is 15.0. The van der Waals surface area contributed by atoms with Gasteiger partial charge in [-0.25, -0.2) is 0 Å². The van der Waals surface area contributed by atoms with E-state index < -0.39 is 0 Å². The van der Waals surface area contributed by atoms with Gasteiger partial charge in [-0.1, -0.05) is 0 Å². The van der Waals surface area contributed by atoms with Crippen LogP contribution in [0.1, 0.15) is 12.5 Å². The first-order valence-corrected chi connectivity index (χ1v) is 9.66. The molecular formula is C18H21N5OS. The molecule has 130 valence electrons. The third kappa shape index (κ3) is 3.43. The minimum absolute atomic E-state index is 0.168. The van der Waals surface area contributed by atoms with Crippen molar-refractivity contribution in [2.24, 2.45) is 0 Å². The normalized spacial score (nSPS) is 24.1. The summed E-state index contributed by atoms with van der Waals surface area (Å²) in [6.45, 7) is 5.99. The van der Waals surface area contributed by atoms with Crippen LogP contribution < -0.4 is 10.2 Å². The van der Waals surface area contributed by atoms with E-state index in [0.717, 1.165) is 48.4 Å². The Labute approximate surface area is 151 Å². The highest BCUT2D eigenvalue weighted by Crippen LogP contribution is 2.29. The van der Waals surface area contributed by atoms with Crippen LogP contribution >= 0.6 is 11.8 Å². The summed E-state index contributed by atoms with van der Waals surface area (Å²) in [5.74, 6) is 1.01. The van der Waals surface area contributed by atoms with Gasteiger partial charge in [-0.3, -0.25) is 9.97 Å². The number of nitrogens with zero attached hydrogens (tertiary/aromatic N) is 4. The number of benzene rings is 1. The molecule has 6 nitrogen and oxygen atoms in total. The largest absolute Gasteiger partial charge is 0.371 e. The minimum atomic E-state index is 0.168. The molecule has 0 spiro atoms. The molecule has 1 N–H and O–H groups in total. The summed E-state index contributed by atoms with van der Waals surface area (Å²) >= 11 is 1.99. The van der Waals surface area contributed by atoms with Crippen LogP contribution in [0.5, 0.6) is 0 Å². The molecule has 0 unspecified atom stereocenters. The Morgan fingerprint density at radius 3 is 2.80 bits per heavy atom. The molecule has 2 aliphatic heterocycles. The zero-order chi connectivity index (χ0) is 17.2. The number of aromatic nitrogens is 2. The summed E-state index contributed by atoms with van der Waals surface area (Å²) in [5, 5.41) is 13.3. The molecule has 2 fully saturated rings. The Morgan fingerprint density at radius 2 is 2.08 bits per heavy atom. The third-order valence-electron chi connectivity index (χ3n) is 4.65. The van der Waals surface area contributed by atoms with Crippen molar-refractivity contribution in [3.05, 3.63) is 30.1 Å². The molecule has 0 bridgehead atoms. The molecule has 1 aromatic carbocycles. The average Bonchev–Trinajstić information content (AvgIpc) is 2.59. The van der Waals surface area contributed by atoms with E-state index in [9.17, 15) is 5.26 Å². The average molecular weight is 355 g/mol. The number of nitriles is 1. The first-order valence-electron chi connectivity index (χ1n) is 8.61. The lowest BCUT2D eigenvalue weighted by Gasteiger charge is -2.39. The predicted molar refractivity (Wildman–Crippen MR) is 99.9 cm³/mol. The molecule has 3 heterocycles. The van der Waals surface area contributed by atoms with Crippen molar-refractivity contribution in [2.75, 3.05) is 36.8 Å². The molecular weight excluding hydrogens is 334 g/mol. The van der Waals surface area contributed by atoms with E-state index in [1.807, 2.05) is 23.9 Å². The van der Waals surface area contributed by atoms with Gasteiger partial charge in [0.25, 0.3) is 0 Å². The van der Waals surface area contributed by atoms with Gasteiger partial charge in [0, 0.05) is 49.6 Å². The molecule has 2 saturated heterocycles. The van der Waals surface area contributed by atoms with E-state index in [1.165, 1.54) is 0 Å². The van der Waals surface area contributed by atoms with Gasteiger partial charge in [0.05, 0.1) is 23.5 Å². The number of fused-ring (bicyclic) bond motifs is 1. The number of hydrogen-bond donors (Lipinski definition) is 1. The maximum Gasteiger partial charge on any atom is 0.113 e. The fraction of sp³-hybridized carbons (Fsp3) is 0.500. The van der Waals surface area contributed by atoms with Gasteiger partial charge in [-0.15, -0.1) is 0 Å². The number of thioether (sulfide) groups is 1. The third-order valence-corrected chi connectivity index (χ3v) is 6.02. The summed E-state index contributed by atoms with van der Waals surface area (Å²) in [6, 6.07) is 6.05. The molecule has 2 aromatic rings. The molecule has 7 heteroatoms. The minimum Gasteiger partial charge on any atom is -0.371 e. The Balaban J connectivity index is 1.57. The van der Waals surface area contributed by atoms with Crippen molar-refractivity contribution in [3.8, 4) is 6.07 Å². The monoisotopic (exact) mass is 355 g/mol. The van der Waals surface area contributed by atoms with Gasteiger partial charge in [-0.05, 0) is 19.1 Å². The number of ether oxygens (including phenoxy) is 1. The van der Waals surface area contributed by atoms with Crippen LogP contribution in [-0.2, 0) is 4.74 Å². The molecule has 0 radical (unpaired) electrons. The van der Waals surface area contributed by atoms with E-state index >= 15 is 0 Å². The van der Waals surface area contributed by atoms with Crippen molar-refractivity contribution >= 4 is 28.5 Å². The molecule has 2 atom stereocenters. The van der Waals surface area contributed by atoms with E-state index in [-0.39, 0.29) is 12.2 Å². The van der Waals surface area contributed by atoms with Gasteiger partial charge < -0.3 is 15.0 Å². The smallest absolute Gasteiger partial charge is 0.113 e. The predicted octanol–water partition coefficient (Wildman–Crippen LogP) is 1.80. The van der Waals surface area contributed by atoms with E-state index in [0.29, 0.717) is 11.1 Å². The van der Waals surface area contributed by atoms with Crippen molar-refractivity contribution in [3.63, 3.8) is 0 Å². The Kier molecular flexibility index (Phi) is 4.75. The van der Waals surface area contributed by atoms with Crippen molar-refractivity contribution in [1.82, 2.24) is 15.3 Å². The quantitative estimate of drug-likeness (QED) is 0.896. The zero-order valence-electron chi connectivity index (χ0n) is 14.2. The van der Waals surface area contributed by atoms with E-state index in [1.54, 1.807) is 12.4 Å². The van der Waals surface area contributed by atoms with Crippen LogP contribution in [0.2, 0.25) is 0 Å². The van der Waals surface area contributed by atoms with Crippen LogP contribution in [-0.4, -0.2) is 59.4 Å². The molecule has 2 aliphatic rings. The number of rotatable bonds is 4. The fourth-order valence-corrected chi connectivity index (χ4v) is 4.49. The van der Waals surface area contributed by atoms with E-state index in [4.69, 9.17) is 4.74 Å². The summed E-state index contributed by atoms with van der Waals surface area (Å²) in [5.41, 5.74) is 3.08. The van der Waals surface area contributed by atoms with Crippen LogP contribution in [0.3, 0.4) is 0 Å². The number of anilines is 1. The molecule has 0 aliphatic carbocycles. The van der Waals surface area contributed by atoms with Crippen LogP contribution in [0, 0.1) is 11.3 Å². The van der Waals surface area contributed by atoms with Crippen molar-refractivity contribution < 1.29 is 4.74 Å². The summed E-state index contributed by atoms with van der Waals surface area (Å²) in [6.07, 6.45) is 3.70. The van der Waals surface area contributed by atoms with E-state index in [2.05, 4.69) is 33.2 Å². The summed E-state index contributed by atoms with van der Waals surface area (Å²) in [7, 11) is 0. The van der Waals surface area contributed by atoms with Crippen LogP contribution in [0.15, 0.2) is 24.5 Å². The highest BCUT2D eigenvalue weighted by molar-refractivity contribution is 8.00. The van der Waals surface area contributed by atoms with Crippen LogP contribution in [0.4, 0.5) is 5.69 Å². The Bertz CT molecular complexity index is 804.